The first kappa shape index (κ1) is 7.70. The zero-order chi connectivity index (χ0) is 7.28. The van der Waals surface area contributed by atoms with Crippen LogP contribution in [0.15, 0.2) is 9.98 Å². The maximum Gasteiger partial charge on any atom is 0.220 e. The van der Waals surface area contributed by atoms with Crippen LogP contribution in [0.25, 0.3) is 0 Å². The van der Waals surface area contributed by atoms with Gasteiger partial charge in [0.2, 0.25) is 5.96 Å². The minimum absolute atomic E-state index is 0.127. The molecule has 0 amide bonds. The van der Waals surface area contributed by atoms with E-state index >= 15 is 0 Å². The van der Waals surface area contributed by atoms with Crippen molar-refractivity contribution in [3.8, 4) is 0 Å². The van der Waals surface area contributed by atoms with Gasteiger partial charge in [-0.2, -0.15) is 4.99 Å². The molecular weight excluding hydrogens is 122 g/mol. The number of aliphatic imine (C=N–C) groups is 2. The molecule has 0 aromatic heterocycles. The minimum atomic E-state index is -0.414. The van der Waals surface area contributed by atoms with Crippen LogP contribution in [0.4, 0.5) is 0 Å². The molecule has 0 rings (SSSR count). The molecule has 0 aliphatic rings. The zero-order valence-corrected chi connectivity index (χ0v) is 4.78. The third-order valence-electron chi connectivity index (χ3n) is 0.476. The second-order valence-corrected chi connectivity index (χ2v) is 1.19. The van der Waals surface area contributed by atoms with Gasteiger partial charge >= 0.3 is 0 Å². The lowest BCUT2D eigenvalue weighted by Gasteiger charge is -1.89. The molecule has 0 aliphatic heterocycles. The molecule has 7 N–H and O–H groups in total. The van der Waals surface area contributed by atoms with Crippen molar-refractivity contribution in [1.29, 1.82) is 0 Å². The molecule has 0 atom stereocenters. The first-order valence-corrected chi connectivity index (χ1v) is 2.17. The predicted octanol–water partition coefficient (Wildman–Crippen LogP) is -2.48. The van der Waals surface area contributed by atoms with Gasteiger partial charge in [0, 0.05) is 0 Å². The van der Waals surface area contributed by atoms with Crippen LogP contribution in [0.1, 0.15) is 0 Å². The van der Waals surface area contributed by atoms with Gasteiger partial charge in [0.15, 0.2) is 5.96 Å². The summed E-state index contributed by atoms with van der Waals surface area (Å²) in [5.41, 5.74) is 14.8. The number of aliphatic hydroxyl groups is 1. The summed E-state index contributed by atoms with van der Waals surface area (Å²) < 4.78 is 0. The Bertz CT molecular complexity index is 135. The highest BCUT2D eigenvalue weighted by Gasteiger charge is 1.84. The van der Waals surface area contributed by atoms with E-state index in [4.69, 9.17) is 22.3 Å². The molecular formula is C3H9N5O. The van der Waals surface area contributed by atoms with Crippen LogP contribution < -0.4 is 17.2 Å². The normalized spacial score (nSPS) is 11.0. The zero-order valence-electron chi connectivity index (χ0n) is 4.78. The molecule has 6 heteroatoms. The summed E-state index contributed by atoms with van der Waals surface area (Å²) in [4.78, 5) is 6.57. The second-order valence-electron chi connectivity index (χ2n) is 1.19. The maximum atomic E-state index is 8.13. The lowest BCUT2D eigenvalue weighted by Crippen LogP contribution is -2.26. The Morgan fingerprint density at radius 1 is 1.33 bits per heavy atom. The fraction of sp³-hybridized carbons (Fsp3) is 0.333. The highest BCUT2D eigenvalue weighted by atomic mass is 16.3. The first-order chi connectivity index (χ1) is 4.16. The van der Waals surface area contributed by atoms with Crippen LogP contribution in [0, 0.1) is 0 Å². The molecule has 9 heavy (non-hydrogen) atoms. The molecule has 0 aromatic carbocycles. The van der Waals surface area contributed by atoms with E-state index in [2.05, 4.69) is 9.98 Å². The van der Waals surface area contributed by atoms with Crippen LogP contribution in [-0.4, -0.2) is 23.8 Å². The van der Waals surface area contributed by atoms with Gasteiger partial charge in [-0.1, -0.05) is 0 Å². The van der Waals surface area contributed by atoms with Gasteiger partial charge in [-0.05, 0) is 0 Å². The molecule has 0 saturated heterocycles. The summed E-state index contributed by atoms with van der Waals surface area (Å²) in [6, 6.07) is 0. The van der Waals surface area contributed by atoms with Gasteiger partial charge in [-0.15, -0.1) is 0 Å². The molecule has 0 fully saturated rings. The molecule has 0 radical (unpaired) electrons. The quantitative estimate of drug-likeness (QED) is 0.232. The summed E-state index contributed by atoms with van der Waals surface area (Å²) in [5, 5.41) is 8.13. The van der Waals surface area contributed by atoms with E-state index in [9.17, 15) is 0 Å². The van der Waals surface area contributed by atoms with Crippen LogP contribution in [-0.2, 0) is 0 Å². The summed E-state index contributed by atoms with van der Waals surface area (Å²) in [6.07, 6.45) is 0. The van der Waals surface area contributed by atoms with Crippen molar-refractivity contribution in [3.63, 3.8) is 0 Å². The van der Waals surface area contributed by atoms with Gasteiger partial charge in [0.1, 0.15) is 6.73 Å². The Morgan fingerprint density at radius 3 is 2.22 bits per heavy atom. The smallest absolute Gasteiger partial charge is 0.220 e. The second kappa shape index (κ2) is 3.67. The first-order valence-electron chi connectivity index (χ1n) is 2.17. The fourth-order valence-electron chi connectivity index (χ4n) is 0.240. The van der Waals surface area contributed by atoms with E-state index in [0.717, 1.165) is 0 Å². The van der Waals surface area contributed by atoms with Crippen molar-refractivity contribution in [2.45, 2.75) is 0 Å². The van der Waals surface area contributed by atoms with E-state index in [1.807, 2.05) is 0 Å². The third-order valence-corrected chi connectivity index (χ3v) is 0.476. The third kappa shape index (κ3) is 4.56. The summed E-state index contributed by atoms with van der Waals surface area (Å²) in [5.74, 6) is -0.304. The van der Waals surface area contributed by atoms with Gasteiger partial charge in [-0.25, -0.2) is 4.99 Å². The lowest BCUT2D eigenvalue weighted by atomic mass is 10.9. The van der Waals surface area contributed by atoms with Gasteiger partial charge in [0.25, 0.3) is 0 Å². The summed E-state index contributed by atoms with van der Waals surface area (Å²) >= 11 is 0. The van der Waals surface area contributed by atoms with Crippen LogP contribution in [0.3, 0.4) is 0 Å². The fourth-order valence-corrected chi connectivity index (χ4v) is 0.240. The van der Waals surface area contributed by atoms with E-state index in [-0.39, 0.29) is 11.9 Å². The number of hydrogen-bond donors (Lipinski definition) is 4. The predicted molar refractivity (Wildman–Crippen MR) is 34.5 cm³/mol. The highest BCUT2D eigenvalue weighted by Crippen LogP contribution is 1.68. The molecule has 6 nitrogen and oxygen atoms in total. The number of nitrogens with two attached hydrogens (primary N) is 3. The van der Waals surface area contributed by atoms with Crippen LogP contribution >= 0.6 is 0 Å². The molecule has 0 saturated carbocycles. The molecule has 0 aromatic rings. The van der Waals surface area contributed by atoms with Crippen LogP contribution in [0.2, 0.25) is 0 Å². The lowest BCUT2D eigenvalue weighted by molar-refractivity contribution is 0.309. The van der Waals surface area contributed by atoms with Crippen molar-refractivity contribution in [2.24, 2.45) is 27.2 Å². The Balaban J connectivity index is 3.90. The van der Waals surface area contributed by atoms with Crippen molar-refractivity contribution < 1.29 is 5.11 Å². The average Bonchev–Trinajstić information content (AvgIpc) is 1.63. The SMILES string of the molecule is NC(N)=NC(N)=NCO. The van der Waals surface area contributed by atoms with Crippen molar-refractivity contribution in [1.82, 2.24) is 0 Å². The standard InChI is InChI=1S/C3H9N5O/c4-2(5)8-3(6)7-1-9/h9H,1H2,(H6,4,5,6,7,8). The van der Waals surface area contributed by atoms with E-state index < -0.39 is 6.73 Å². The van der Waals surface area contributed by atoms with E-state index in [1.54, 1.807) is 0 Å². The molecule has 52 valence electrons. The van der Waals surface area contributed by atoms with Crippen LogP contribution in [0.5, 0.6) is 0 Å². The Labute approximate surface area is 52.1 Å². The van der Waals surface area contributed by atoms with Gasteiger partial charge < -0.3 is 22.3 Å². The van der Waals surface area contributed by atoms with Gasteiger partial charge in [-0.3, -0.25) is 0 Å². The molecule has 0 heterocycles. The van der Waals surface area contributed by atoms with E-state index in [1.165, 1.54) is 0 Å². The number of guanidine groups is 2. The maximum absolute atomic E-state index is 8.13. The minimum Gasteiger partial charge on any atom is -0.374 e. The Kier molecular flexibility index (Phi) is 3.14. The highest BCUT2D eigenvalue weighted by molar-refractivity contribution is 5.92. The Morgan fingerprint density at radius 2 is 1.89 bits per heavy atom. The van der Waals surface area contributed by atoms with Gasteiger partial charge in [0.05, 0.1) is 0 Å². The molecule has 0 aliphatic carbocycles. The molecule has 0 bridgehead atoms. The molecule has 0 spiro atoms. The van der Waals surface area contributed by atoms with E-state index in [0.29, 0.717) is 0 Å². The van der Waals surface area contributed by atoms with Crippen molar-refractivity contribution in [3.05, 3.63) is 0 Å². The molecule has 0 unspecified atom stereocenters. The van der Waals surface area contributed by atoms with Crippen molar-refractivity contribution in [2.75, 3.05) is 6.73 Å². The number of rotatable bonds is 1. The number of nitrogens with zero attached hydrogens (tertiary/aromatic N) is 2. The number of hydrogen-bond acceptors (Lipinski definition) is 2. The van der Waals surface area contributed by atoms with Crippen molar-refractivity contribution >= 4 is 11.9 Å². The summed E-state index contributed by atoms with van der Waals surface area (Å²) in [7, 11) is 0. The average molecular weight is 131 g/mol. The topological polar surface area (TPSA) is 123 Å². The largest absolute Gasteiger partial charge is 0.374 e. The monoisotopic (exact) mass is 131 g/mol. The summed E-state index contributed by atoms with van der Waals surface area (Å²) in [6.45, 7) is -0.414. The number of aliphatic hydroxyl groups excluding tert-OH is 1. The Hall–Kier alpha value is -1.30.